The van der Waals surface area contributed by atoms with Gasteiger partial charge in [-0.1, -0.05) is 0 Å². The van der Waals surface area contributed by atoms with Gasteiger partial charge in [-0.2, -0.15) is 0 Å². The highest BCUT2D eigenvalue weighted by molar-refractivity contribution is 5.39. The van der Waals surface area contributed by atoms with Gasteiger partial charge in [0.15, 0.2) is 0 Å². The molecule has 1 fully saturated rings. The lowest BCUT2D eigenvalue weighted by Gasteiger charge is -2.39. The number of benzene rings is 1. The second kappa shape index (κ2) is 4.94. The molecule has 0 saturated carbocycles. The minimum Gasteiger partial charge on any atom is -0.496 e. The van der Waals surface area contributed by atoms with E-state index in [4.69, 9.17) is 14.2 Å². The number of aryl methyl sites for hydroxylation is 1. The van der Waals surface area contributed by atoms with Crippen molar-refractivity contribution in [3.8, 4) is 11.5 Å². The largest absolute Gasteiger partial charge is 0.496 e. The first-order valence-corrected chi connectivity index (χ1v) is 5.65. The van der Waals surface area contributed by atoms with Gasteiger partial charge in [0.1, 0.15) is 18.1 Å². The predicted octanol–water partition coefficient (Wildman–Crippen LogP) is 1.39. The summed E-state index contributed by atoms with van der Waals surface area (Å²) in [6, 6.07) is 5.69. The molecule has 0 bridgehead atoms. The van der Waals surface area contributed by atoms with Gasteiger partial charge in [0, 0.05) is 0 Å². The molecule has 0 amide bonds. The van der Waals surface area contributed by atoms with E-state index >= 15 is 0 Å². The summed E-state index contributed by atoms with van der Waals surface area (Å²) < 4.78 is 16.0. The first-order valence-electron chi connectivity index (χ1n) is 5.65. The maximum atomic E-state index is 9.27. The van der Waals surface area contributed by atoms with Crippen LogP contribution >= 0.6 is 0 Å². The highest BCUT2D eigenvalue weighted by Crippen LogP contribution is 2.29. The average Bonchev–Trinajstić information content (AvgIpc) is 2.28. The molecule has 94 valence electrons. The Kier molecular flexibility index (Phi) is 3.54. The van der Waals surface area contributed by atoms with Gasteiger partial charge in [-0.05, 0) is 30.7 Å². The standard InChI is InChI=1S/C13H18O4/c1-10-5-11(3-4-12(10)15-2)17-9-13(6-14)7-16-8-13/h3-5,14H,6-9H2,1-2H3. The van der Waals surface area contributed by atoms with Crippen LogP contribution in [0.25, 0.3) is 0 Å². The highest BCUT2D eigenvalue weighted by Gasteiger charge is 2.39. The van der Waals surface area contributed by atoms with Crippen LogP contribution in [0.4, 0.5) is 0 Å². The molecule has 1 aliphatic rings. The van der Waals surface area contributed by atoms with Crippen molar-refractivity contribution in [3.63, 3.8) is 0 Å². The fourth-order valence-electron chi connectivity index (χ4n) is 1.79. The first kappa shape index (κ1) is 12.2. The molecule has 0 aliphatic carbocycles. The van der Waals surface area contributed by atoms with Crippen molar-refractivity contribution in [2.75, 3.05) is 33.5 Å². The van der Waals surface area contributed by atoms with E-state index in [9.17, 15) is 5.11 Å². The molecular formula is C13H18O4. The van der Waals surface area contributed by atoms with Crippen molar-refractivity contribution in [2.24, 2.45) is 5.41 Å². The van der Waals surface area contributed by atoms with Crippen LogP contribution in [0.3, 0.4) is 0 Å². The molecule has 2 rings (SSSR count). The minimum absolute atomic E-state index is 0.0993. The Morgan fingerprint density at radius 2 is 2.18 bits per heavy atom. The quantitative estimate of drug-likeness (QED) is 0.842. The lowest BCUT2D eigenvalue weighted by atomic mass is 9.88. The summed E-state index contributed by atoms with van der Waals surface area (Å²) in [6.07, 6.45) is 0. The highest BCUT2D eigenvalue weighted by atomic mass is 16.5. The van der Waals surface area contributed by atoms with Crippen LogP contribution < -0.4 is 9.47 Å². The number of aliphatic hydroxyl groups is 1. The normalized spacial score (nSPS) is 17.4. The van der Waals surface area contributed by atoms with Crippen molar-refractivity contribution in [3.05, 3.63) is 23.8 Å². The van der Waals surface area contributed by atoms with E-state index in [2.05, 4.69) is 0 Å². The minimum atomic E-state index is -0.214. The molecular weight excluding hydrogens is 220 g/mol. The van der Waals surface area contributed by atoms with Gasteiger partial charge < -0.3 is 19.3 Å². The van der Waals surface area contributed by atoms with Crippen LogP contribution in [0.15, 0.2) is 18.2 Å². The van der Waals surface area contributed by atoms with Gasteiger partial charge in [0.05, 0.1) is 32.3 Å². The summed E-state index contributed by atoms with van der Waals surface area (Å²) in [4.78, 5) is 0. The molecule has 4 nitrogen and oxygen atoms in total. The lowest BCUT2D eigenvalue weighted by molar-refractivity contribution is -0.153. The molecule has 1 N–H and O–H groups in total. The molecule has 1 saturated heterocycles. The Labute approximate surface area is 101 Å². The maximum Gasteiger partial charge on any atom is 0.122 e. The Hall–Kier alpha value is -1.26. The van der Waals surface area contributed by atoms with Gasteiger partial charge in [0.25, 0.3) is 0 Å². The summed E-state index contributed by atoms with van der Waals surface area (Å²) >= 11 is 0. The van der Waals surface area contributed by atoms with E-state index in [1.54, 1.807) is 7.11 Å². The molecule has 1 aromatic carbocycles. The van der Waals surface area contributed by atoms with Crippen LogP contribution in [0.1, 0.15) is 5.56 Å². The first-order chi connectivity index (χ1) is 8.19. The fourth-order valence-corrected chi connectivity index (χ4v) is 1.79. The summed E-state index contributed by atoms with van der Waals surface area (Å²) in [5.74, 6) is 1.64. The lowest BCUT2D eigenvalue weighted by Crippen LogP contribution is -2.49. The summed E-state index contributed by atoms with van der Waals surface area (Å²) in [5, 5.41) is 9.27. The van der Waals surface area contributed by atoms with Crippen LogP contribution in [0.2, 0.25) is 0 Å². The van der Waals surface area contributed by atoms with Crippen LogP contribution in [-0.2, 0) is 4.74 Å². The van der Waals surface area contributed by atoms with Gasteiger partial charge in [-0.15, -0.1) is 0 Å². The Morgan fingerprint density at radius 3 is 2.65 bits per heavy atom. The molecule has 1 aromatic rings. The van der Waals surface area contributed by atoms with Gasteiger partial charge in [-0.25, -0.2) is 0 Å². The Bertz CT molecular complexity index is 379. The number of rotatable bonds is 5. The Morgan fingerprint density at radius 1 is 1.41 bits per heavy atom. The van der Waals surface area contributed by atoms with Crippen molar-refractivity contribution in [1.82, 2.24) is 0 Å². The van der Waals surface area contributed by atoms with Crippen molar-refractivity contribution in [2.45, 2.75) is 6.92 Å². The van der Waals surface area contributed by atoms with E-state index in [-0.39, 0.29) is 12.0 Å². The van der Waals surface area contributed by atoms with Crippen LogP contribution in [-0.4, -0.2) is 38.6 Å². The van der Waals surface area contributed by atoms with E-state index in [1.165, 1.54) is 0 Å². The maximum absolute atomic E-state index is 9.27. The number of methoxy groups -OCH3 is 1. The SMILES string of the molecule is COc1ccc(OCC2(CO)COC2)cc1C. The van der Waals surface area contributed by atoms with E-state index < -0.39 is 0 Å². The summed E-state index contributed by atoms with van der Waals surface area (Å²) in [5.41, 5.74) is 0.821. The zero-order valence-corrected chi connectivity index (χ0v) is 10.2. The fraction of sp³-hybridized carbons (Fsp3) is 0.538. The zero-order chi connectivity index (χ0) is 12.3. The van der Waals surface area contributed by atoms with E-state index in [0.717, 1.165) is 17.1 Å². The molecule has 1 heterocycles. The topological polar surface area (TPSA) is 47.9 Å². The molecule has 0 aromatic heterocycles. The van der Waals surface area contributed by atoms with Crippen molar-refractivity contribution < 1.29 is 19.3 Å². The van der Waals surface area contributed by atoms with Gasteiger partial charge in [0.2, 0.25) is 0 Å². The van der Waals surface area contributed by atoms with Gasteiger partial charge >= 0.3 is 0 Å². The van der Waals surface area contributed by atoms with E-state index in [1.807, 2.05) is 25.1 Å². The average molecular weight is 238 g/mol. The second-order valence-electron chi connectivity index (χ2n) is 4.57. The van der Waals surface area contributed by atoms with Crippen molar-refractivity contribution in [1.29, 1.82) is 0 Å². The molecule has 0 radical (unpaired) electrons. The third-order valence-electron chi connectivity index (χ3n) is 3.06. The van der Waals surface area contributed by atoms with E-state index in [0.29, 0.717) is 19.8 Å². The van der Waals surface area contributed by atoms with Crippen molar-refractivity contribution >= 4 is 0 Å². The van der Waals surface area contributed by atoms with Gasteiger partial charge in [-0.3, -0.25) is 0 Å². The smallest absolute Gasteiger partial charge is 0.122 e. The molecule has 1 aliphatic heterocycles. The summed E-state index contributed by atoms with van der Waals surface area (Å²) in [7, 11) is 1.65. The monoisotopic (exact) mass is 238 g/mol. The molecule has 0 atom stereocenters. The molecule has 4 heteroatoms. The Balaban J connectivity index is 1.97. The number of hydrogen-bond acceptors (Lipinski definition) is 4. The molecule has 17 heavy (non-hydrogen) atoms. The third kappa shape index (κ3) is 2.53. The predicted molar refractivity (Wildman–Crippen MR) is 63.6 cm³/mol. The number of ether oxygens (including phenoxy) is 3. The third-order valence-corrected chi connectivity index (χ3v) is 3.06. The number of hydrogen-bond donors (Lipinski definition) is 1. The molecule has 0 unspecified atom stereocenters. The van der Waals surface area contributed by atoms with Crippen LogP contribution in [0, 0.1) is 12.3 Å². The zero-order valence-electron chi connectivity index (χ0n) is 10.2. The van der Waals surface area contributed by atoms with Crippen LogP contribution in [0.5, 0.6) is 11.5 Å². The second-order valence-corrected chi connectivity index (χ2v) is 4.57. The molecule has 0 spiro atoms. The number of aliphatic hydroxyl groups excluding tert-OH is 1. The summed E-state index contributed by atoms with van der Waals surface area (Å²) in [6.45, 7) is 3.69.